The maximum Gasteiger partial charge on any atom is 0.0612 e. The van der Waals surface area contributed by atoms with Gasteiger partial charge in [-0.25, -0.2) is 0 Å². The highest BCUT2D eigenvalue weighted by atomic mass is 15.2. The molecule has 0 bridgehead atoms. The average molecular weight is 404 g/mol. The summed E-state index contributed by atoms with van der Waals surface area (Å²) >= 11 is 0. The van der Waals surface area contributed by atoms with Crippen molar-refractivity contribution in [3.8, 4) is 11.1 Å². The van der Waals surface area contributed by atoms with E-state index in [2.05, 4.69) is 96.8 Å². The van der Waals surface area contributed by atoms with E-state index in [-0.39, 0.29) is 0 Å². The van der Waals surface area contributed by atoms with Gasteiger partial charge >= 0.3 is 0 Å². The van der Waals surface area contributed by atoms with Gasteiger partial charge in [-0.15, -0.1) is 0 Å². The van der Waals surface area contributed by atoms with E-state index in [4.69, 9.17) is 0 Å². The fraction of sp³-hybridized carbons (Fsp3) is 0.267. The van der Waals surface area contributed by atoms with Crippen LogP contribution in [-0.4, -0.2) is 0 Å². The van der Waals surface area contributed by atoms with Crippen molar-refractivity contribution >= 4 is 11.3 Å². The molecule has 0 spiro atoms. The van der Waals surface area contributed by atoms with Crippen LogP contribution < -0.4 is 4.90 Å². The number of benzene rings is 3. The summed E-state index contributed by atoms with van der Waals surface area (Å²) in [7, 11) is 0. The summed E-state index contributed by atoms with van der Waals surface area (Å²) in [6.45, 7) is 2.41. The minimum absolute atomic E-state index is 0.498. The van der Waals surface area contributed by atoms with Crippen molar-refractivity contribution in [2.24, 2.45) is 0 Å². The van der Waals surface area contributed by atoms with Crippen molar-refractivity contribution in [1.29, 1.82) is 0 Å². The molecular weight excluding hydrogens is 374 g/mol. The molecule has 0 amide bonds. The first-order valence-corrected chi connectivity index (χ1v) is 11.8. The van der Waals surface area contributed by atoms with Gasteiger partial charge in [0.2, 0.25) is 0 Å². The quantitative estimate of drug-likeness (QED) is 0.365. The molecule has 1 nitrogen and oxygen atoms in total. The highest BCUT2D eigenvalue weighted by Crippen LogP contribution is 2.52. The van der Waals surface area contributed by atoms with Gasteiger partial charge < -0.3 is 4.90 Å². The van der Waals surface area contributed by atoms with E-state index in [1.54, 1.807) is 0 Å². The number of para-hydroxylation sites is 1. The molecule has 0 aromatic heterocycles. The Labute approximate surface area is 185 Å². The summed E-state index contributed by atoms with van der Waals surface area (Å²) in [6.07, 6.45) is 10.7. The van der Waals surface area contributed by atoms with Crippen LogP contribution in [0.1, 0.15) is 67.7 Å². The summed E-state index contributed by atoms with van der Waals surface area (Å²) in [6, 6.07) is 27.7. The van der Waals surface area contributed by atoms with Crippen molar-refractivity contribution in [1.82, 2.24) is 0 Å². The normalized spacial score (nSPS) is 22.0. The third-order valence-corrected chi connectivity index (χ3v) is 7.42. The summed E-state index contributed by atoms with van der Waals surface area (Å²) in [5.41, 5.74) is 11.5. The van der Waals surface area contributed by atoms with Crippen LogP contribution in [0.3, 0.4) is 0 Å². The number of anilines is 1. The van der Waals surface area contributed by atoms with Gasteiger partial charge in [0.15, 0.2) is 0 Å². The Bertz CT molecular complexity index is 1200. The third-order valence-electron chi connectivity index (χ3n) is 7.42. The molecule has 3 aliphatic rings. The molecule has 31 heavy (non-hydrogen) atoms. The van der Waals surface area contributed by atoms with Crippen molar-refractivity contribution < 1.29 is 0 Å². The van der Waals surface area contributed by atoms with Gasteiger partial charge in [-0.1, -0.05) is 86.2 Å². The van der Waals surface area contributed by atoms with Crippen molar-refractivity contribution in [2.45, 2.75) is 51.0 Å². The predicted octanol–water partition coefficient (Wildman–Crippen LogP) is 8.26. The number of hydrogen-bond acceptors (Lipinski definition) is 1. The zero-order chi connectivity index (χ0) is 20.8. The Balaban J connectivity index is 1.61. The standard InChI is InChI=1S/C30H29N/c1-21-11-10-20-30-27-17-7-9-19-29(27)31(30)28-18-8-6-16-26(28)25-15-5-4-14-24(25)23-13-3-2-12-22(21)23/h2-5,7-9,12-15,17-19,21,30H,6,10-11,16,20H2,1H3. The number of nitrogens with zero attached hydrogens (tertiary/aromatic N) is 1. The molecule has 154 valence electrons. The van der Waals surface area contributed by atoms with E-state index in [9.17, 15) is 0 Å². The summed E-state index contributed by atoms with van der Waals surface area (Å²) in [4.78, 5) is 2.63. The van der Waals surface area contributed by atoms with Crippen LogP contribution in [0.2, 0.25) is 0 Å². The molecular formula is C30H29N. The first kappa shape index (κ1) is 18.7. The van der Waals surface area contributed by atoms with Crippen LogP contribution in [-0.2, 0) is 0 Å². The third kappa shape index (κ3) is 2.98. The number of allylic oxidation sites excluding steroid dienone is 3. The number of hydrogen-bond donors (Lipinski definition) is 0. The molecule has 3 aromatic rings. The minimum atomic E-state index is 0.498. The lowest BCUT2D eigenvalue weighted by molar-refractivity contribution is 0.510. The lowest BCUT2D eigenvalue weighted by Gasteiger charge is -2.47. The smallest absolute Gasteiger partial charge is 0.0612 e. The van der Waals surface area contributed by atoms with Gasteiger partial charge in [0, 0.05) is 11.4 Å². The fourth-order valence-electron chi connectivity index (χ4n) is 5.89. The lowest BCUT2D eigenvalue weighted by Crippen LogP contribution is -2.38. The average Bonchev–Trinajstić information content (AvgIpc) is 2.82. The summed E-state index contributed by atoms with van der Waals surface area (Å²) in [5.74, 6) is 0.562. The first-order chi connectivity index (χ1) is 15.3. The lowest BCUT2D eigenvalue weighted by atomic mass is 9.80. The Morgan fingerprint density at radius 2 is 1.45 bits per heavy atom. The van der Waals surface area contributed by atoms with Gasteiger partial charge in [-0.3, -0.25) is 0 Å². The molecule has 2 unspecified atom stereocenters. The Morgan fingerprint density at radius 1 is 0.742 bits per heavy atom. The van der Waals surface area contributed by atoms with E-state index < -0.39 is 0 Å². The van der Waals surface area contributed by atoms with E-state index >= 15 is 0 Å². The Hall–Kier alpha value is -3.06. The molecule has 2 atom stereocenters. The Kier molecular flexibility index (Phi) is 4.56. The van der Waals surface area contributed by atoms with E-state index in [1.165, 1.54) is 64.0 Å². The van der Waals surface area contributed by atoms with Crippen LogP contribution in [0.5, 0.6) is 0 Å². The molecule has 1 aliphatic carbocycles. The van der Waals surface area contributed by atoms with Crippen LogP contribution in [0.4, 0.5) is 5.69 Å². The van der Waals surface area contributed by atoms with Gasteiger partial charge in [0.25, 0.3) is 0 Å². The monoisotopic (exact) mass is 403 g/mol. The molecule has 6 rings (SSSR count). The molecule has 0 saturated heterocycles. The molecule has 2 aliphatic heterocycles. The van der Waals surface area contributed by atoms with Crippen LogP contribution in [0.15, 0.2) is 90.6 Å². The molecule has 0 saturated carbocycles. The van der Waals surface area contributed by atoms with Gasteiger partial charge in [0.05, 0.1) is 6.04 Å². The van der Waals surface area contributed by atoms with Gasteiger partial charge in [-0.05, 0) is 77.1 Å². The molecule has 0 radical (unpaired) electrons. The fourth-order valence-corrected chi connectivity index (χ4v) is 5.89. The van der Waals surface area contributed by atoms with Crippen LogP contribution in [0.25, 0.3) is 16.7 Å². The Morgan fingerprint density at radius 3 is 2.32 bits per heavy atom. The minimum Gasteiger partial charge on any atom is -0.333 e. The van der Waals surface area contributed by atoms with E-state index in [1.807, 2.05) is 0 Å². The van der Waals surface area contributed by atoms with E-state index in [0.717, 1.165) is 12.8 Å². The number of fused-ring (bicyclic) bond motifs is 9. The maximum absolute atomic E-state index is 2.63. The second-order valence-corrected chi connectivity index (χ2v) is 9.21. The topological polar surface area (TPSA) is 3.24 Å². The van der Waals surface area contributed by atoms with Crippen LogP contribution >= 0.6 is 0 Å². The first-order valence-electron chi connectivity index (χ1n) is 11.8. The van der Waals surface area contributed by atoms with Crippen molar-refractivity contribution in [3.63, 3.8) is 0 Å². The second kappa shape index (κ2) is 7.57. The summed E-state index contributed by atoms with van der Waals surface area (Å²) in [5, 5.41) is 0. The SMILES string of the molecule is CC1CCCC2c3ccccc3N2C2=C(CCC=C2)c2ccccc2-c2ccccc21. The van der Waals surface area contributed by atoms with E-state index in [0.29, 0.717) is 12.0 Å². The van der Waals surface area contributed by atoms with Gasteiger partial charge in [0.1, 0.15) is 0 Å². The molecule has 2 heterocycles. The van der Waals surface area contributed by atoms with Crippen molar-refractivity contribution in [2.75, 3.05) is 4.90 Å². The second-order valence-electron chi connectivity index (χ2n) is 9.21. The molecule has 0 fully saturated rings. The van der Waals surface area contributed by atoms with Crippen molar-refractivity contribution in [3.05, 3.63) is 107 Å². The molecule has 0 N–H and O–H groups in total. The zero-order valence-corrected chi connectivity index (χ0v) is 18.2. The maximum atomic E-state index is 2.63. The highest BCUT2D eigenvalue weighted by Gasteiger charge is 2.37. The largest absolute Gasteiger partial charge is 0.333 e. The predicted molar refractivity (Wildman–Crippen MR) is 131 cm³/mol. The highest BCUT2D eigenvalue weighted by molar-refractivity contribution is 5.88. The van der Waals surface area contributed by atoms with Gasteiger partial charge in [-0.2, -0.15) is 0 Å². The zero-order valence-electron chi connectivity index (χ0n) is 18.2. The number of rotatable bonds is 0. The van der Waals surface area contributed by atoms with Crippen LogP contribution in [0, 0.1) is 0 Å². The molecule has 1 heteroatoms. The molecule has 3 aromatic carbocycles. The summed E-state index contributed by atoms with van der Waals surface area (Å²) < 4.78 is 0.